The van der Waals surface area contributed by atoms with Gasteiger partial charge < -0.3 is 10.1 Å². The van der Waals surface area contributed by atoms with Crippen LogP contribution in [0.5, 0.6) is 0 Å². The molecule has 23 heavy (non-hydrogen) atoms. The molecule has 112 valence electrons. The number of carboxylic acids is 1. The molecule has 0 bridgehead atoms. The van der Waals surface area contributed by atoms with Crippen molar-refractivity contribution >= 4 is 28.7 Å². The standard InChI is InChI=1S/C18H13N3O2/c1-11-2-7-15-16(8-11)21-17(20-15)14(10-19)9-12-3-5-13(6-4-12)18(22)23/h2-9H,1H3,(H,20,21)(H,22,23)/b14-9+. The summed E-state index contributed by atoms with van der Waals surface area (Å²) in [5.41, 5.74) is 4.12. The number of hydrogen-bond acceptors (Lipinski definition) is 3. The van der Waals surface area contributed by atoms with Crippen LogP contribution in [0, 0.1) is 18.3 Å². The summed E-state index contributed by atoms with van der Waals surface area (Å²) < 4.78 is 0. The third kappa shape index (κ3) is 2.97. The Morgan fingerprint density at radius 3 is 2.65 bits per heavy atom. The molecule has 0 aliphatic heterocycles. The van der Waals surface area contributed by atoms with Gasteiger partial charge in [0, 0.05) is 0 Å². The van der Waals surface area contributed by atoms with E-state index in [1.54, 1.807) is 18.2 Å². The third-order valence-corrected chi connectivity index (χ3v) is 3.48. The van der Waals surface area contributed by atoms with E-state index < -0.39 is 5.97 Å². The zero-order valence-corrected chi connectivity index (χ0v) is 12.4. The molecule has 0 amide bonds. The number of nitrogens with zero attached hydrogens (tertiary/aromatic N) is 2. The van der Waals surface area contributed by atoms with Crippen LogP contribution < -0.4 is 0 Å². The topological polar surface area (TPSA) is 89.8 Å². The first-order valence-corrected chi connectivity index (χ1v) is 6.99. The predicted octanol–water partition coefficient (Wildman–Crippen LogP) is 3.63. The normalized spacial score (nSPS) is 11.4. The number of aromatic amines is 1. The number of benzene rings is 2. The van der Waals surface area contributed by atoms with Crippen LogP contribution in [-0.2, 0) is 0 Å². The number of aromatic carboxylic acids is 1. The van der Waals surface area contributed by atoms with Crippen molar-refractivity contribution in [3.63, 3.8) is 0 Å². The van der Waals surface area contributed by atoms with E-state index >= 15 is 0 Å². The van der Waals surface area contributed by atoms with Gasteiger partial charge in [0.05, 0.1) is 22.2 Å². The number of nitrogens with one attached hydrogen (secondary N) is 1. The van der Waals surface area contributed by atoms with Gasteiger partial charge in [-0.15, -0.1) is 0 Å². The smallest absolute Gasteiger partial charge is 0.335 e. The first-order chi connectivity index (χ1) is 11.1. The van der Waals surface area contributed by atoms with Crippen molar-refractivity contribution in [1.82, 2.24) is 9.97 Å². The molecule has 0 radical (unpaired) electrons. The summed E-state index contributed by atoms with van der Waals surface area (Å²) in [4.78, 5) is 18.4. The molecule has 5 nitrogen and oxygen atoms in total. The maximum absolute atomic E-state index is 10.9. The molecule has 3 rings (SSSR count). The van der Waals surface area contributed by atoms with Crippen LogP contribution in [0.25, 0.3) is 22.7 Å². The number of allylic oxidation sites excluding steroid dienone is 1. The molecule has 0 saturated heterocycles. The maximum Gasteiger partial charge on any atom is 0.335 e. The molecule has 0 saturated carbocycles. The summed E-state index contributed by atoms with van der Waals surface area (Å²) in [7, 11) is 0. The van der Waals surface area contributed by atoms with Crippen molar-refractivity contribution in [3.05, 3.63) is 65.0 Å². The number of aryl methyl sites for hydroxylation is 1. The van der Waals surface area contributed by atoms with Gasteiger partial charge in [-0.2, -0.15) is 5.26 Å². The number of imidazole rings is 1. The minimum Gasteiger partial charge on any atom is -0.478 e. The molecule has 0 aliphatic carbocycles. The summed E-state index contributed by atoms with van der Waals surface area (Å²) in [6, 6.07) is 14.3. The molecule has 0 spiro atoms. The number of rotatable bonds is 3. The maximum atomic E-state index is 10.9. The lowest BCUT2D eigenvalue weighted by Crippen LogP contribution is -1.95. The van der Waals surface area contributed by atoms with E-state index in [0.29, 0.717) is 11.4 Å². The van der Waals surface area contributed by atoms with E-state index in [2.05, 4.69) is 16.0 Å². The van der Waals surface area contributed by atoms with Crippen molar-refractivity contribution in [1.29, 1.82) is 5.26 Å². The highest BCUT2D eigenvalue weighted by Gasteiger charge is 2.08. The number of aromatic nitrogens is 2. The number of carboxylic acid groups (broad SMARTS) is 1. The van der Waals surface area contributed by atoms with Crippen molar-refractivity contribution in [3.8, 4) is 6.07 Å². The highest BCUT2D eigenvalue weighted by molar-refractivity contribution is 5.91. The van der Waals surface area contributed by atoms with Crippen molar-refractivity contribution in [2.24, 2.45) is 0 Å². The second-order valence-corrected chi connectivity index (χ2v) is 5.20. The summed E-state index contributed by atoms with van der Waals surface area (Å²) in [6.45, 7) is 1.99. The molecule has 1 heterocycles. The predicted molar refractivity (Wildman–Crippen MR) is 87.7 cm³/mol. The van der Waals surface area contributed by atoms with Gasteiger partial charge in [0.1, 0.15) is 11.9 Å². The first kappa shape index (κ1) is 14.5. The Hall–Kier alpha value is -3.39. The quantitative estimate of drug-likeness (QED) is 0.723. The van der Waals surface area contributed by atoms with E-state index in [1.165, 1.54) is 12.1 Å². The molecule has 0 fully saturated rings. The lowest BCUT2D eigenvalue weighted by atomic mass is 10.1. The van der Waals surface area contributed by atoms with Gasteiger partial charge in [-0.25, -0.2) is 9.78 Å². The highest BCUT2D eigenvalue weighted by atomic mass is 16.4. The summed E-state index contributed by atoms with van der Waals surface area (Å²) in [5.74, 6) is -0.482. The van der Waals surface area contributed by atoms with Gasteiger partial charge in [0.15, 0.2) is 0 Å². The van der Waals surface area contributed by atoms with Gasteiger partial charge in [-0.1, -0.05) is 18.2 Å². The SMILES string of the molecule is Cc1ccc2nc(/C(C#N)=C/c3ccc(C(=O)O)cc3)[nH]c2c1. The Kier molecular flexibility index (Phi) is 3.65. The van der Waals surface area contributed by atoms with Gasteiger partial charge in [0.25, 0.3) is 0 Å². The fourth-order valence-corrected chi connectivity index (χ4v) is 2.29. The molecule has 0 unspecified atom stereocenters. The van der Waals surface area contributed by atoms with Crippen LogP contribution >= 0.6 is 0 Å². The second-order valence-electron chi connectivity index (χ2n) is 5.20. The molecule has 2 N–H and O–H groups in total. The number of nitriles is 1. The van der Waals surface area contributed by atoms with E-state index in [1.807, 2.05) is 25.1 Å². The van der Waals surface area contributed by atoms with Gasteiger partial charge in [-0.05, 0) is 48.4 Å². The fraction of sp³-hybridized carbons (Fsp3) is 0.0556. The Morgan fingerprint density at radius 2 is 2.00 bits per heavy atom. The molecule has 1 aromatic heterocycles. The van der Waals surface area contributed by atoms with Crippen LogP contribution in [0.4, 0.5) is 0 Å². The summed E-state index contributed by atoms with van der Waals surface area (Å²) in [6.07, 6.45) is 1.68. The number of carbonyl (C=O) groups is 1. The van der Waals surface area contributed by atoms with E-state index in [-0.39, 0.29) is 5.56 Å². The zero-order valence-electron chi connectivity index (χ0n) is 12.4. The lowest BCUT2D eigenvalue weighted by Gasteiger charge is -1.97. The molecule has 0 aliphatic rings. The average molecular weight is 303 g/mol. The second kappa shape index (κ2) is 5.78. The monoisotopic (exact) mass is 303 g/mol. The number of hydrogen-bond donors (Lipinski definition) is 2. The first-order valence-electron chi connectivity index (χ1n) is 6.99. The van der Waals surface area contributed by atoms with E-state index in [9.17, 15) is 10.1 Å². The highest BCUT2D eigenvalue weighted by Crippen LogP contribution is 2.20. The lowest BCUT2D eigenvalue weighted by molar-refractivity contribution is 0.0697. The largest absolute Gasteiger partial charge is 0.478 e. The van der Waals surface area contributed by atoms with Crippen molar-refractivity contribution in [2.75, 3.05) is 0 Å². The number of H-pyrrole nitrogens is 1. The fourth-order valence-electron chi connectivity index (χ4n) is 2.29. The van der Waals surface area contributed by atoms with Crippen LogP contribution in [0.2, 0.25) is 0 Å². The molecule has 5 heteroatoms. The summed E-state index contributed by atoms with van der Waals surface area (Å²) >= 11 is 0. The van der Waals surface area contributed by atoms with Gasteiger partial charge >= 0.3 is 5.97 Å². The van der Waals surface area contributed by atoms with Crippen molar-refractivity contribution < 1.29 is 9.90 Å². The average Bonchev–Trinajstić information content (AvgIpc) is 2.95. The minimum atomic E-state index is -0.978. The molecule has 3 aromatic rings. The van der Waals surface area contributed by atoms with Gasteiger partial charge in [-0.3, -0.25) is 0 Å². The van der Waals surface area contributed by atoms with E-state index in [4.69, 9.17) is 5.11 Å². The van der Waals surface area contributed by atoms with Crippen molar-refractivity contribution in [2.45, 2.75) is 6.92 Å². The Labute approximate surface area is 132 Å². The van der Waals surface area contributed by atoms with Crippen LogP contribution in [0.1, 0.15) is 27.3 Å². The van der Waals surface area contributed by atoms with Crippen LogP contribution in [0.15, 0.2) is 42.5 Å². The third-order valence-electron chi connectivity index (χ3n) is 3.48. The molecular weight excluding hydrogens is 290 g/mol. The molecule has 2 aromatic carbocycles. The minimum absolute atomic E-state index is 0.208. The summed E-state index contributed by atoms with van der Waals surface area (Å²) in [5, 5.41) is 18.3. The van der Waals surface area contributed by atoms with Crippen LogP contribution in [0.3, 0.4) is 0 Å². The Morgan fingerprint density at radius 1 is 1.26 bits per heavy atom. The zero-order chi connectivity index (χ0) is 16.4. The molecule has 0 atom stereocenters. The van der Waals surface area contributed by atoms with Crippen LogP contribution in [-0.4, -0.2) is 21.0 Å². The van der Waals surface area contributed by atoms with E-state index in [0.717, 1.165) is 22.2 Å². The van der Waals surface area contributed by atoms with Gasteiger partial charge in [0.2, 0.25) is 0 Å². The number of fused-ring (bicyclic) bond motifs is 1. The Balaban J connectivity index is 2.00. The molecular formula is C18H13N3O2. The Bertz CT molecular complexity index is 960.